The zero-order valence-corrected chi connectivity index (χ0v) is 9.69. The standard InChI is InChI=1S/C7H15FN3O2P/c1-5(2)13-14-7(3,4)12-6(8)10-11-9/h5-6,14H,1-4H3. The van der Waals surface area contributed by atoms with E-state index in [1.165, 1.54) is 0 Å². The van der Waals surface area contributed by atoms with Gasteiger partial charge in [0.2, 0.25) is 0 Å². The quantitative estimate of drug-likeness (QED) is 0.228. The van der Waals surface area contributed by atoms with Gasteiger partial charge in [-0.05, 0) is 38.3 Å². The van der Waals surface area contributed by atoms with Crippen molar-refractivity contribution in [2.45, 2.75) is 45.6 Å². The maximum absolute atomic E-state index is 12.7. The van der Waals surface area contributed by atoms with E-state index in [0.717, 1.165) is 0 Å². The molecular weight excluding hydrogens is 208 g/mol. The molecule has 0 radical (unpaired) electrons. The molecule has 0 bridgehead atoms. The summed E-state index contributed by atoms with van der Waals surface area (Å²) >= 11 is 0. The van der Waals surface area contributed by atoms with Gasteiger partial charge in [-0.2, -0.15) is 0 Å². The highest BCUT2D eigenvalue weighted by molar-refractivity contribution is 7.34. The van der Waals surface area contributed by atoms with Crippen molar-refractivity contribution in [1.29, 1.82) is 0 Å². The molecule has 2 unspecified atom stereocenters. The second kappa shape index (κ2) is 6.14. The molecule has 7 heteroatoms. The van der Waals surface area contributed by atoms with Crippen LogP contribution >= 0.6 is 8.81 Å². The van der Waals surface area contributed by atoms with E-state index in [1.807, 2.05) is 13.8 Å². The van der Waals surface area contributed by atoms with Crippen LogP contribution in [0.25, 0.3) is 10.4 Å². The summed E-state index contributed by atoms with van der Waals surface area (Å²) in [5, 5.41) is 2.00. The Bertz CT molecular complexity index is 219. The minimum Gasteiger partial charge on any atom is -0.357 e. The second-order valence-corrected chi connectivity index (χ2v) is 5.04. The van der Waals surface area contributed by atoms with Gasteiger partial charge in [0.25, 0.3) is 6.48 Å². The Hall–Kier alpha value is -0.410. The van der Waals surface area contributed by atoms with E-state index in [1.54, 1.807) is 13.8 Å². The third-order valence-corrected chi connectivity index (χ3v) is 2.27. The molecule has 5 nitrogen and oxygen atoms in total. The lowest BCUT2D eigenvalue weighted by atomic mass is 10.5. The van der Waals surface area contributed by atoms with Gasteiger partial charge in [-0.25, -0.2) is 4.39 Å². The van der Waals surface area contributed by atoms with E-state index < -0.39 is 11.8 Å². The molecule has 0 amide bonds. The Balaban J connectivity index is 3.99. The molecule has 0 aliphatic rings. The smallest absolute Gasteiger partial charge is 0.279 e. The molecule has 14 heavy (non-hydrogen) atoms. The van der Waals surface area contributed by atoms with Crippen LogP contribution in [0.3, 0.4) is 0 Å². The Morgan fingerprint density at radius 1 is 1.50 bits per heavy atom. The Kier molecular flexibility index (Phi) is 5.96. The van der Waals surface area contributed by atoms with Crippen molar-refractivity contribution < 1.29 is 13.7 Å². The molecule has 0 saturated carbocycles. The minimum atomic E-state index is -1.96. The topological polar surface area (TPSA) is 67.2 Å². The number of alkyl halides is 1. The van der Waals surface area contributed by atoms with Crippen molar-refractivity contribution in [2.75, 3.05) is 0 Å². The van der Waals surface area contributed by atoms with Gasteiger partial charge in [-0.1, -0.05) is 0 Å². The maximum atomic E-state index is 12.7. The Labute approximate surface area is 84.5 Å². The van der Waals surface area contributed by atoms with Gasteiger partial charge >= 0.3 is 0 Å². The minimum absolute atomic E-state index is 0.00903. The van der Waals surface area contributed by atoms with E-state index in [9.17, 15) is 4.39 Å². The summed E-state index contributed by atoms with van der Waals surface area (Å²) < 4.78 is 22.8. The molecule has 0 aliphatic heterocycles. The second-order valence-electron chi connectivity index (χ2n) is 3.39. The number of ether oxygens (including phenoxy) is 1. The van der Waals surface area contributed by atoms with Crippen LogP contribution in [0.2, 0.25) is 0 Å². The number of hydrogen-bond donors (Lipinski definition) is 0. The highest BCUT2D eigenvalue weighted by Crippen LogP contribution is 2.35. The number of rotatable bonds is 6. The summed E-state index contributed by atoms with van der Waals surface area (Å²) in [4.78, 5) is 2.30. The molecule has 0 rings (SSSR count). The summed E-state index contributed by atoms with van der Waals surface area (Å²) in [5.41, 5.74) is 7.96. The van der Waals surface area contributed by atoms with Gasteiger partial charge in [0.05, 0.1) is 6.10 Å². The van der Waals surface area contributed by atoms with Crippen molar-refractivity contribution in [2.24, 2.45) is 5.11 Å². The van der Waals surface area contributed by atoms with Gasteiger partial charge in [-0.15, -0.1) is 0 Å². The summed E-state index contributed by atoms with van der Waals surface area (Å²) in [7, 11) is -0.00903. The first-order valence-electron chi connectivity index (χ1n) is 4.16. The molecule has 0 spiro atoms. The van der Waals surface area contributed by atoms with Crippen LogP contribution in [-0.4, -0.2) is 17.9 Å². The molecule has 0 saturated heterocycles. The third-order valence-electron chi connectivity index (χ3n) is 1.07. The lowest BCUT2D eigenvalue weighted by Crippen LogP contribution is -2.23. The first kappa shape index (κ1) is 13.6. The zero-order valence-electron chi connectivity index (χ0n) is 8.69. The lowest BCUT2D eigenvalue weighted by molar-refractivity contribution is -0.0884. The maximum Gasteiger partial charge on any atom is 0.279 e. The van der Waals surface area contributed by atoms with Gasteiger partial charge < -0.3 is 9.26 Å². The average Bonchev–Trinajstić information content (AvgIpc) is 2.00. The molecule has 0 aliphatic carbocycles. The number of halogens is 1. The van der Waals surface area contributed by atoms with Crippen LogP contribution in [0.4, 0.5) is 4.39 Å². The molecule has 0 heterocycles. The summed E-state index contributed by atoms with van der Waals surface area (Å²) in [5.74, 6) is 0. The monoisotopic (exact) mass is 223 g/mol. The Morgan fingerprint density at radius 2 is 2.07 bits per heavy atom. The molecule has 2 atom stereocenters. The molecule has 0 aromatic rings. The van der Waals surface area contributed by atoms with Crippen LogP contribution in [0, 0.1) is 0 Å². The molecule has 0 fully saturated rings. The normalized spacial score (nSPS) is 14.7. The first-order chi connectivity index (χ1) is 6.37. The van der Waals surface area contributed by atoms with Gasteiger partial charge in [-0.3, -0.25) is 0 Å². The van der Waals surface area contributed by atoms with E-state index in [-0.39, 0.29) is 14.9 Å². The van der Waals surface area contributed by atoms with Gasteiger partial charge in [0.15, 0.2) is 0 Å². The first-order valence-corrected chi connectivity index (χ1v) is 5.07. The highest BCUT2D eigenvalue weighted by Gasteiger charge is 2.24. The van der Waals surface area contributed by atoms with E-state index in [2.05, 4.69) is 10.0 Å². The lowest BCUT2D eigenvalue weighted by Gasteiger charge is -2.26. The molecule has 0 aromatic heterocycles. The van der Waals surface area contributed by atoms with Crippen molar-refractivity contribution in [3.05, 3.63) is 10.4 Å². The van der Waals surface area contributed by atoms with Gasteiger partial charge in [0, 0.05) is 13.7 Å². The van der Waals surface area contributed by atoms with Crippen LogP contribution < -0.4 is 0 Å². The predicted molar refractivity (Wildman–Crippen MR) is 53.7 cm³/mol. The van der Waals surface area contributed by atoms with E-state index in [0.29, 0.717) is 0 Å². The van der Waals surface area contributed by atoms with Crippen molar-refractivity contribution in [3.63, 3.8) is 0 Å². The summed E-state index contributed by atoms with van der Waals surface area (Å²) in [6.45, 7) is 5.14. The predicted octanol–water partition coefficient (Wildman–Crippen LogP) is 3.32. The fraction of sp³-hybridized carbons (Fsp3) is 1.00. The fourth-order valence-electron chi connectivity index (χ4n) is 0.591. The van der Waals surface area contributed by atoms with Crippen molar-refractivity contribution >= 4 is 8.81 Å². The molecular formula is C7H15FN3O2P. The van der Waals surface area contributed by atoms with E-state index in [4.69, 9.17) is 14.8 Å². The van der Waals surface area contributed by atoms with Crippen LogP contribution in [-0.2, 0) is 9.26 Å². The summed E-state index contributed by atoms with van der Waals surface area (Å²) in [6.07, 6.45) is 0.0636. The van der Waals surface area contributed by atoms with E-state index >= 15 is 0 Å². The van der Waals surface area contributed by atoms with Crippen molar-refractivity contribution in [3.8, 4) is 0 Å². The SMILES string of the molecule is CC(C)OPC(C)(C)OC(F)N=[N+]=[N-]. The molecule has 0 aromatic carbocycles. The molecule has 82 valence electrons. The number of azide groups is 1. The Morgan fingerprint density at radius 3 is 2.50 bits per heavy atom. The summed E-state index contributed by atoms with van der Waals surface area (Å²) in [6, 6.07) is 0. The van der Waals surface area contributed by atoms with Crippen LogP contribution in [0.1, 0.15) is 27.7 Å². The van der Waals surface area contributed by atoms with Crippen LogP contribution in [0.15, 0.2) is 5.11 Å². The highest BCUT2D eigenvalue weighted by atomic mass is 31.1. The third kappa shape index (κ3) is 7.04. The average molecular weight is 223 g/mol. The zero-order chi connectivity index (χ0) is 11.2. The molecule has 0 N–H and O–H groups in total. The number of hydrogen-bond acceptors (Lipinski definition) is 3. The van der Waals surface area contributed by atoms with Crippen molar-refractivity contribution in [1.82, 2.24) is 0 Å². The van der Waals surface area contributed by atoms with Gasteiger partial charge in [0.1, 0.15) is 5.34 Å². The largest absolute Gasteiger partial charge is 0.357 e. The van der Waals surface area contributed by atoms with Crippen LogP contribution in [0.5, 0.6) is 0 Å². The fourth-order valence-corrected chi connectivity index (χ4v) is 1.26. The number of nitrogens with zero attached hydrogens (tertiary/aromatic N) is 3.